The van der Waals surface area contributed by atoms with Gasteiger partial charge in [0, 0.05) is 19.3 Å². The standard InChI is InChI=1S/C14H23N3/c1-17-8-7-14(16-17)9-11-3-2-4-12(11)10-15-13-5-6-13/h7-8,11-13,15H,2-6,9-10H2,1H3. The van der Waals surface area contributed by atoms with Gasteiger partial charge in [0.25, 0.3) is 0 Å². The Balaban J connectivity index is 1.53. The molecule has 2 atom stereocenters. The molecule has 0 saturated heterocycles. The van der Waals surface area contributed by atoms with Crippen LogP contribution in [0.3, 0.4) is 0 Å². The molecule has 2 aliphatic carbocycles. The molecule has 1 aromatic heterocycles. The third-order valence-corrected chi connectivity index (χ3v) is 4.30. The molecular weight excluding hydrogens is 210 g/mol. The molecule has 1 N–H and O–H groups in total. The van der Waals surface area contributed by atoms with Gasteiger partial charge in [-0.2, -0.15) is 5.10 Å². The quantitative estimate of drug-likeness (QED) is 0.844. The van der Waals surface area contributed by atoms with Gasteiger partial charge in [-0.25, -0.2) is 0 Å². The van der Waals surface area contributed by atoms with Gasteiger partial charge in [0.1, 0.15) is 0 Å². The van der Waals surface area contributed by atoms with Gasteiger partial charge in [0.05, 0.1) is 5.69 Å². The van der Waals surface area contributed by atoms with Crippen molar-refractivity contribution in [3.8, 4) is 0 Å². The van der Waals surface area contributed by atoms with Gasteiger partial charge in [-0.1, -0.05) is 6.42 Å². The molecule has 0 amide bonds. The van der Waals surface area contributed by atoms with E-state index in [1.54, 1.807) is 0 Å². The Morgan fingerprint density at radius 1 is 1.29 bits per heavy atom. The maximum Gasteiger partial charge on any atom is 0.0627 e. The van der Waals surface area contributed by atoms with Crippen LogP contribution in [0, 0.1) is 11.8 Å². The zero-order valence-corrected chi connectivity index (χ0v) is 10.7. The van der Waals surface area contributed by atoms with Crippen molar-refractivity contribution in [2.45, 2.75) is 44.6 Å². The largest absolute Gasteiger partial charge is 0.314 e. The van der Waals surface area contributed by atoms with Crippen LogP contribution in [0.25, 0.3) is 0 Å². The van der Waals surface area contributed by atoms with Crippen LogP contribution in [0.1, 0.15) is 37.8 Å². The number of nitrogens with zero attached hydrogens (tertiary/aromatic N) is 2. The van der Waals surface area contributed by atoms with E-state index >= 15 is 0 Å². The van der Waals surface area contributed by atoms with Gasteiger partial charge in [0.2, 0.25) is 0 Å². The molecule has 0 aliphatic heterocycles. The second kappa shape index (κ2) is 4.81. The van der Waals surface area contributed by atoms with Crippen LogP contribution in [-0.4, -0.2) is 22.4 Å². The van der Waals surface area contributed by atoms with Crippen molar-refractivity contribution < 1.29 is 0 Å². The molecule has 2 aliphatic rings. The van der Waals surface area contributed by atoms with Gasteiger partial charge in [-0.3, -0.25) is 4.68 Å². The highest BCUT2D eigenvalue weighted by molar-refractivity contribution is 5.01. The average Bonchev–Trinajstić information content (AvgIpc) is 2.90. The smallest absolute Gasteiger partial charge is 0.0627 e. The summed E-state index contributed by atoms with van der Waals surface area (Å²) < 4.78 is 1.92. The molecule has 1 aromatic rings. The van der Waals surface area contributed by atoms with E-state index in [2.05, 4.69) is 22.7 Å². The van der Waals surface area contributed by atoms with Crippen molar-refractivity contribution in [1.82, 2.24) is 15.1 Å². The lowest BCUT2D eigenvalue weighted by atomic mass is 9.91. The fourth-order valence-corrected chi connectivity index (χ4v) is 3.10. The number of hydrogen-bond acceptors (Lipinski definition) is 2. The highest BCUT2D eigenvalue weighted by atomic mass is 15.2. The summed E-state index contributed by atoms with van der Waals surface area (Å²) in [6.07, 6.45) is 10.3. The molecule has 1 heterocycles. The molecule has 17 heavy (non-hydrogen) atoms. The summed E-state index contributed by atoms with van der Waals surface area (Å²) in [5.41, 5.74) is 1.27. The fourth-order valence-electron chi connectivity index (χ4n) is 3.10. The van der Waals surface area contributed by atoms with E-state index in [1.165, 1.54) is 50.8 Å². The van der Waals surface area contributed by atoms with Crippen molar-refractivity contribution in [2.24, 2.45) is 18.9 Å². The predicted octanol–water partition coefficient (Wildman–Crippen LogP) is 2.13. The van der Waals surface area contributed by atoms with Crippen LogP contribution in [0.5, 0.6) is 0 Å². The molecule has 2 fully saturated rings. The minimum Gasteiger partial charge on any atom is -0.314 e. The zero-order valence-electron chi connectivity index (χ0n) is 10.7. The van der Waals surface area contributed by atoms with Crippen molar-refractivity contribution in [3.63, 3.8) is 0 Å². The molecular formula is C14H23N3. The maximum atomic E-state index is 4.51. The zero-order chi connectivity index (χ0) is 11.7. The number of aryl methyl sites for hydroxylation is 1. The third-order valence-electron chi connectivity index (χ3n) is 4.30. The lowest BCUT2D eigenvalue weighted by molar-refractivity contribution is 0.361. The van der Waals surface area contributed by atoms with E-state index in [0.29, 0.717) is 0 Å². The van der Waals surface area contributed by atoms with E-state index in [9.17, 15) is 0 Å². The minimum atomic E-state index is 0.853. The van der Waals surface area contributed by atoms with Crippen molar-refractivity contribution >= 4 is 0 Å². The van der Waals surface area contributed by atoms with Gasteiger partial charge >= 0.3 is 0 Å². The van der Waals surface area contributed by atoms with Crippen LogP contribution < -0.4 is 5.32 Å². The Morgan fingerprint density at radius 2 is 2.12 bits per heavy atom. The predicted molar refractivity (Wildman–Crippen MR) is 68.8 cm³/mol. The van der Waals surface area contributed by atoms with Crippen LogP contribution in [0.4, 0.5) is 0 Å². The van der Waals surface area contributed by atoms with Gasteiger partial charge < -0.3 is 5.32 Å². The summed E-state index contributed by atoms with van der Waals surface area (Å²) in [5.74, 6) is 1.74. The van der Waals surface area contributed by atoms with Crippen LogP contribution >= 0.6 is 0 Å². The summed E-state index contributed by atoms with van der Waals surface area (Å²) in [5, 5.41) is 8.21. The third kappa shape index (κ3) is 2.89. The maximum absolute atomic E-state index is 4.51. The SMILES string of the molecule is Cn1ccc(CC2CCCC2CNC2CC2)n1. The van der Waals surface area contributed by atoms with E-state index in [0.717, 1.165) is 17.9 Å². The molecule has 3 rings (SSSR count). The summed E-state index contributed by atoms with van der Waals surface area (Å²) in [7, 11) is 2.00. The van der Waals surface area contributed by atoms with Crippen LogP contribution in [0.2, 0.25) is 0 Å². The number of hydrogen-bond donors (Lipinski definition) is 1. The highest BCUT2D eigenvalue weighted by Crippen LogP contribution is 2.34. The molecule has 0 aromatic carbocycles. The molecule has 2 saturated carbocycles. The Hall–Kier alpha value is -0.830. The van der Waals surface area contributed by atoms with Gasteiger partial charge in [0.15, 0.2) is 0 Å². The highest BCUT2D eigenvalue weighted by Gasteiger charge is 2.29. The molecule has 2 unspecified atom stereocenters. The summed E-state index contributed by atoms with van der Waals surface area (Å²) in [6.45, 7) is 1.24. The first-order valence-corrected chi connectivity index (χ1v) is 7.03. The lowest BCUT2D eigenvalue weighted by Gasteiger charge is -2.19. The monoisotopic (exact) mass is 233 g/mol. The van der Waals surface area contributed by atoms with E-state index in [4.69, 9.17) is 0 Å². The first-order chi connectivity index (χ1) is 8.31. The summed E-state index contributed by atoms with van der Waals surface area (Å²) in [6, 6.07) is 3.02. The van der Waals surface area contributed by atoms with Gasteiger partial charge in [-0.05, 0) is 56.6 Å². The molecule has 3 nitrogen and oxygen atoms in total. The molecule has 0 bridgehead atoms. The second-order valence-corrected chi connectivity index (χ2v) is 5.82. The molecule has 94 valence electrons. The Morgan fingerprint density at radius 3 is 2.82 bits per heavy atom. The van der Waals surface area contributed by atoms with E-state index in [-0.39, 0.29) is 0 Å². The molecule has 3 heteroatoms. The Kier molecular flexibility index (Phi) is 3.19. The fraction of sp³-hybridized carbons (Fsp3) is 0.786. The van der Waals surface area contributed by atoms with E-state index in [1.807, 2.05) is 11.7 Å². The average molecular weight is 233 g/mol. The first kappa shape index (κ1) is 11.3. The normalized spacial score (nSPS) is 28.8. The second-order valence-electron chi connectivity index (χ2n) is 5.82. The van der Waals surface area contributed by atoms with Crippen molar-refractivity contribution in [3.05, 3.63) is 18.0 Å². The van der Waals surface area contributed by atoms with Crippen molar-refractivity contribution in [2.75, 3.05) is 6.54 Å². The number of nitrogens with one attached hydrogen (secondary N) is 1. The lowest BCUT2D eigenvalue weighted by Crippen LogP contribution is -2.27. The summed E-state index contributed by atoms with van der Waals surface area (Å²) >= 11 is 0. The molecule has 0 spiro atoms. The summed E-state index contributed by atoms with van der Waals surface area (Å²) in [4.78, 5) is 0. The van der Waals surface area contributed by atoms with Crippen molar-refractivity contribution in [1.29, 1.82) is 0 Å². The van der Waals surface area contributed by atoms with Gasteiger partial charge in [-0.15, -0.1) is 0 Å². The number of rotatable bonds is 5. The Labute approximate surface area is 104 Å². The first-order valence-electron chi connectivity index (χ1n) is 7.03. The van der Waals surface area contributed by atoms with E-state index < -0.39 is 0 Å². The van der Waals surface area contributed by atoms with Crippen LogP contribution in [-0.2, 0) is 13.5 Å². The minimum absolute atomic E-state index is 0.853. The molecule has 0 radical (unpaired) electrons. The Bertz CT molecular complexity index is 367. The van der Waals surface area contributed by atoms with Crippen LogP contribution in [0.15, 0.2) is 12.3 Å². The topological polar surface area (TPSA) is 29.9 Å². The number of aromatic nitrogens is 2.